The first-order chi connectivity index (χ1) is 17.6. The summed E-state index contributed by atoms with van der Waals surface area (Å²) in [6, 6.07) is 26.6. The third-order valence-corrected chi connectivity index (χ3v) is 7.00. The Bertz CT molecular complexity index is 2040. The van der Waals surface area contributed by atoms with Crippen molar-refractivity contribution in [3.8, 4) is 28.5 Å². The number of nitriles is 1. The summed E-state index contributed by atoms with van der Waals surface area (Å²) >= 11 is 0. The lowest BCUT2D eigenvalue weighted by molar-refractivity contribution is -0.663. The molecule has 0 aliphatic rings. The highest BCUT2D eigenvalue weighted by molar-refractivity contribution is 6.14. The van der Waals surface area contributed by atoms with E-state index in [1.165, 1.54) is 0 Å². The van der Waals surface area contributed by atoms with Crippen molar-refractivity contribution in [1.29, 1.82) is 5.26 Å². The maximum atomic E-state index is 10.0. The van der Waals surface area contributed by atoms with Crippen LogP contribution in [-0.2, 0) is 7.05 Å². The minimum absolute atomic E-state index is 0.560. The number of hydrogen-bond acceptors (Lipinski definition) is 4. The van der Waals surface area contributed by atoms with E-state index in [-0.39, 0.29) is 0 Å². The second-order valence-corrected chi connectivity index (χ2v) is 9.10. The Morgan fingerprint density at radius 1 is 0.778 bits per heavy atom. The van der Waals surface area contributed by atoms with Gasteiger partial charge in [0.25, 0.3) is 6.33 Å². The number of aromatic nitrogens is 2. The van der Waals surface area contributed by atoms with Crippen LogP contribution in [0.2, 0.25) is 0 Å². The van der Waals surface area contributed by atoms with Crippen LogP contribution in [0, 0.1) is 18.3 Å². The number of furan rings is 2. The summed E-state index contributed by atoms with van der Waals surface area (Å²) in [5.74, 6) is 0. The van der Waals surface area contributed by atoms with Crippen LogP contribution in [0.15, 0.2) is 94.2 Å². The molecule has 170 valence electrons. The maximum absolute atomic E-state index is 10.0. The van der Waals surface area contributed by atoms with Gasteiger partial charge in [-0.3, -0.25) is 0 Å². The first-order valence-corrected chi connectivity index (χ1v) is 11.7. The van der Waals surface area contributed by atoms with Gasteiger partial charge in [0.15, 0.2) is 0 Å². The predicted octanol–water partition coefficient (Wildman–Crippen LogP) is 7.22. The van der Waals surface area contributed by atoms with E-state index >= 15 is 0 Å². The average Bonchev–Trinajstić information content (AvgIpc) is 3.46. The van der Waals surface area contributed by atoms with Crippen LogP contribution < -0.4 is 4.57 Å². The zero-order chi connectivity index (χ0) is 24.4. The van der Waals surface area contributed by atoms with Crippen molar-refractivity contribution in [3.63, 3.8) is 0 Å². The number of para-hydroxylation sites is 1. The number of benzene rings is 4. The summed E-state index contributed by atoms with van der Waals surface area (Å²) in [4.78, 5) is 4.23. The molecule has 0 bridgehead atoms. The average molecular weight is 467 g/mol. The van der Waals surface area contributed by atoms with E-state index in [0.717, 1.165) is 66.2 Å². The SMILES string of the molecule is Cc1ccc2c(oc3c(-c4ccc5c(c4)oc4ccccc45)c(C#N)ccc32)c1-c1ccnc[n+]1C. The van der Waals surface area contributed by atoms with Gasteiger partial charge in [0.2, 0.25) is 0 Å². The van der Waals surface area contributed by atoms with Crippen LogP contribution in [0.4, 0.5) is 0 Å². The molecule has 0 saturated heterocycles. The molecular formula is C31H20N3O2+. The summed E-state index contributed by atoms with van der Waals surface area (Å²) in [6.07, 6.45) is 3.58. The summed E-state index contributed by atoms with van der Waals surface area (Å²) in [5.41, 5.74) is 8.48. The largest absolute Gasteiger partial charge is 0.456 e. The van der Waals surface area contributed by atoms with Gasteiger partial charge < -0.3 is 8.83 Å². The van der Waals surface area contributed by atoms with Crippen LogP contribution >= 0.6 is 0 Å². The number of rotatable bonds is 2. The second-order valence-electron chi connectivity index (χ2n) is 9.10. The molecule has 0 aliphatic carbocycles. The normalized spacial score (nSPS) is 11.6. The number of fused-ring (bicyclic) bond motifs is 6. The van der Waals surface area contributed by atoms with Crippen LogP contribution in [0.5, 0.6) is 0 Å². The molecule has 7 aromatic rings. The van der Waals surface area contributed by atoms with Crippen molar-refractivity contribution in [2.45, 2.75) is 6.92 Å². The Morgan fingerprint density at radius 3 is 2.36 bits per heavy atom. The Morgan fingerprint density at radius 2 is 1.53 bits per heavy atom. The van der Waals surface area contributed by atoms with E-state index in [4.69, 9.17) is 8.83 Å². The van der Waals surface area contributed by atoms with Crippen LogP contribution in [0.3, 0.4) is 0 Å². The van der Waals surface area contributed by atoms with Crippen LogP contribution in [0.1, 0.15) is 11.1 Å². The standard InChI is InChI=1S/C31H20N3O2/c1-18-7-10-23-24-12-9-20(16-32)29(31(24)36-30(23)28(18)25-13-14-33-17-34(25)2)19-8-11-22-21-5-3-4-6-26(21)35-27(22)15-19/h3-15,17H,1-2H3/q+1. The van der Waals surface area contributed by atoms with E-state index < -0.39 is 0 Å². The summed E-state index contributed by atoms with van der Waals surface area (Å²) in [7, 11) is 1.98. The molecule has 7 rings (SSSR count). The highest BCUT2D eigenvalue weighted by Gasteiger charge is 2.22. The molecule has 5 heteroatoms. The summed E-state index contributed by atoms with van der Waals surface area (Å²) < 4.78 is 14.8. The van der Waals surface area contributed by atoms with E-state index in [1.807, 2.05) is 60.1 Å². The Kier molecular flexibility index (Phi) is 4.27. The van der Waals surface area contributed by atoms with Gasteiger partial charge in [-0.25, -0.2) is 4.57 Å². The molecule has 0 atom stereocenters. The Hall–Kier alpha value is -4.95. The number of aryl methyl sites for hydroxylation is 2. The molecule has 0 saturated carbocycles. The summed E-state index contributed by atoms with van der Waals surface area (Å²) in [5, 5.41) is 14.1. The third kappa shape index (κ3) is 2.82. The molecule has 3 aromatic heterocycles. The molecule has 3 heterocycles. The molecule has 0 spiro atoms. The highest BCUT2D eigenvalue weighted by atomic mass is 16.3. The monoisotopic (exact) mass is 466 g/mol. The quantitative estimate of drug-likeness (QED) is 0.252. The maximum Gasteiger partial charge on any atom is 0.286 e. The van der Waals surface area contributed by atoms with Gasteiger partial charge in [0.05, 0.1) is 24.2 Å². The van der Waals surface area contributed by atoms with E-state index in [2.05, 4.69) is 42.2 Å². The fourth-order valence-electron chi connectivity index (χ4n) is 5.27. The van der Waals surface area contributed by atoms with E-state index in [1.54, 1.807) is 12.5 Å². The van der Waals surface area contributed by atoms with E-state index in [0.29, 0.717) is 11.1 Å². The van der Waals surface area contributed by atoms with Gasteiger partial charge in [-0.2, -0.15) is 5.26 Å². The molecule has 4 aromatic carbocycles. The van der Waals surface area contributed by atoms with Crippen molar-refractivity contribution in [3.05, 3.63) is 96.4 Å². The first kappa shape index (κ1) is 20.4. The van der Waals surface area contributed by atoms with Gasteiger partial charge in [-0.1, -0.05) is 41.4 Å². The van der Waals surface area contributed by atoms with Gasteiger partial charge in [-0.05, 0) is 48.4 Å². The van der Waals surface area contributed by atoms with Gasteiger partial charge in [0.1, 0.15) is 34.2 Å². The van der Waals surface area contributed by atoms with Crippen molar-refractivity contribution < 1.29 is 13.4 Å². The lowest BCUT2D eigenvalue weighted by Crippen LogP contribution is -2.31. The molecule has 0 amide bonds. The fraction of sp³-hybridized carbons (Fsp3) is 0.0645. The van der Waals surface area contributed by atoms with Crippen molar-refractivity contribution in [2.24, 2.45) is 7.05 Å². The van der Waals surface area contributed by atoms with Crippen molar-refractivity contribution >= 4 is 43.9 Å². The highest BCUT2D eigenvalue weighted by Crippen LogP contribution is 2.42. The van der Waals surface area contributed by atoms with Gasteiger partial charge in [0, 0.05) is 33.2 Å². The molecule has 0 aliphatic heterocycles. The number of hydrogen-bond donors (Lipinski definition) is 0. The molecule has 0 fully saturated rings. The lowest BCUT2D eigenvalue weighted by atomic mass is 9.95. The van der Waals surface area contributed by atoms with Crippen molar-refractivity contribution in [2.75, 3.05) is 0 Å². The fourth-order valence-corrected chi connectivity index (χ4v) is 5.27. The minimum Gasteiger partial charge on any atom is -0.456 e. The topological polar surface area (TPSA) is 66.8 Å². The molecule has 0 N–H and O–H groups in total. The molecule has 0 unspecified atom stereocenters. The smallest absolute Gasteiger partial charge is 0.286 e. The number of nitrogens with zero attached hydrogens (tertiary/aromatic N) is 3. The van der Waals surface area contributed by atoms with Crippen LogP contribution in [-0.4, -0.2) is 4.98 Å². The third-order valence-electron chi connectivity index (χ3n) is 7.00. The Balaban J connectivity index is 1.56. The lowest BCUT2D eigenvalue weighted by Gasteiger charge is -2.06. The second kappa shape index (κ2) is 7.53. The molecular weight excluding hydrogens is 446 g/mol. The Labute approximate surface area is 206 Å². The van der Waals surface area contributed by atoms with E-state index in [9.17, 15) is 5.26 Å². The zero-order valence-corrected chi connectivity index (χ0v) is 19.7. The van der Waals surface area contributed by atoms with Crippen molar-refractivity contribution in [1.82, 2.24) is 4.98 Å². The minimum atomic E-state index is 0.560. The molecule has 36 heavy (non-hydrogen) atoms. The summed E-state index contributed by atoms with van der Waals surface area (Å²) in [6.45, 7) is 2.08. The zero-order valence-electron chi connectivity index (χ0n) is 19.7. The molecule has 5 nitrogen and oxygen atoms in total. The van der Waals surface area contributed by atoms with Crippen LogP contribution in [0.25, 0.3) is 66.3 Å². The van der Waals surface area contributed by atoms with Gasteiger partial charge >= 0.3 is 0 Å². The molecule has 0 radical (unpaired) electrons. The predicted molar refractivity (Wildman–Crippen MR) is 140 cm³/mol. The first-order valence-electron chi connectivity index (χ1n) is 11.7. The van der Waals surface area contributed by atoms with Gasteiger partial charge in [-0.15, -0.1) is 0 Å².